The molecule has 1 fully saturated rings. The minimum atomic E-state index is -0.999. The van der Waals surface area contributed by atoms with E-state index in [0.717, 1.165) is 12.8 Å². The molecule has 1 aliphatic carbocycles. The number of rotatable bonds is 3. The molecule has 1 atom stereocenters. The van der Waals surface area contributed by atoms with E-state index in [2.05, 4.69) is 19.2 Å². The Morgan fingerprint density at radius 2 is 1.83 bits per heavy atom. The lowest BCUT2D eigenvalue weighted by Crippen LogP contribution is -2.53. The van der Waals surface area contributed by atoms with E-state index in [1.54, 1.807) is 20.8 Å². The summed E-state index contributed by atoms with van der Waals surface area (Å²) in [5.41, 5.74) is -0.444. The fourth-order valence-electron chi connectivity index (χ4n) is 2.41. The van der Waals surface area contributed by atoms with Crippen LogP contribution in [-0.4, -0.2) is 28.8 Å². The first-order chi connectivity index (χ1) is 8.00. The Labute approximate surface area is 108 Å². The van der Waals surface area contributed by atoms with Crippen LogP contribution in [0.4, 0.5) is 4.79 Å². The van der Waals surface area contributed by atoms with E-state index in [9.17, 15) is 9.59 Å². The Bertz CT molecular complexity index is 335. The summed E-state index contributed by atoms with van der Waals surface area (Å²) in [5.74, 6) is -1.01. The van der Waals surface area contributed by atoms with Crippen molar-refractivity contribution in [1.29, 1.82) is 0 Å². The lowest BCUT2D eigenvalue weighted by molar-refractivity contribution is -0.143. The highest BCUT2D eigenvalue weighted by Crippen LogP contribution is 2.46. The zero-order chi connectivity index (χ0) is 14.1. The smallest absolute Gasteiger partial charge is 0.408 e. The van der Waals surface area contributed by atoms with Crippen LogP contribution in [0.3, 0.4) is 0 Å². The number of ether oxygens (including phenoxy) is 1. The number of carbonyl (C=O) groups excluding carboxylic acids is 1. The highest BCUT2D eigenvalue weighted by molar-refractivity contribution is 5.80. The summed E-state index contributed by atoms with van der Waals surface area (Å²) < 4.78 is 5.08. The van der Waals surface area contributed by atoms with Crippen LogP contribution in [0.25, 0.3) is 0 Å². The Morgan fingerprint density at radius 1 is 1.33 bits per heavy atom. The van der Waals surface area contributed by atoms with Gasteiger partial charge in [0.15, 0.2) is 0 Å². The number of nitrogens with one attached hydrogen (secondary N) is 1. The van der Waals surface area contributed by atoms with Crippen LogP contribution >= 0.6 is 0 Å². The topological polar surface area (TPSA) is 75.6 Å². The number of carboxylic acids is 1. The summed E-state index contributed by atoms with van der Waals surface area (Å²) in [5, 5.41) is 11.6. The molecule has 0 unspecified atom stereocenters. The fourth-order valence-corrected chi connectivity index (χ4v) is 2.41. The van der Waals surface area contributed by atoms with Gasteiger partial charge in [-0.25, -0.2) is 9.59 Å². The van der Waals surface area contributed by atoms with E-state index >= 15 is 0 Å². The summed E-state index contributed by atoms with van der Waals surface area (Å²) in [6.07, 6.45) is 0.944. The average Bonchev–Trinajstić information content (AvgIpc) is 2.06. The van der Waals surface area contributed by atoms with Crippen molar-refractivity contribution in [3.8, 4) is 0 Å². The number of hydrogen-bond donors (Lipinski definition) is 2. The molecule has 5 heteroatoms. The van der Waals surface area contributed by atoms with Gasteiger partial charge in [-0.05, 0) is 44.9 Å². The maximum atomic E-state index is 11.6. The maximum absolute atomic E-state index is 11.6. The summed E-state index contributed by atoms with van der Waals surface area (Å²) >= 11 is 0. The van der Waals surface area contributed by atoms with Gasteiger partial charge in [0.05, 0.1) is 0 Å². The first-order valence-electron chi connectivity index (χ1n) is 6.22. The van der Waals surface area contributed by atoms with Crippen LogP contribution in [0, 0.1) is 11.3 Å². The fraction of sp³-hybridized carbons (Fsp3) is 0.846. The molecule has 1 rings (SSSR count). The quantitative estimate of drug-likeness (QED) is 0.814. The van der Waals surface area contributed by atoms with Crippen molar-refractivity contribution in [2.75, 3.05) is 0 Å². The monoisotopic (exact) mass is 257 g/mol. The normalized spacial score (nSPS) is 20.7. The van der Waals surface area contributed by atoms with Crippen molar-refractivity contribution in [1.82, 2.24) is 5.32 Å². The van der Waals surface area contributed by atoms with Crippen molar-refractivity contribution in [3.05, 3.63) is 0 Å². The maximum Gasteiger partial charge on any atom is 0.408 e. The predicted molar refractivity (Wildman–Crippen MR) is 67.3 cm³/mol. The zero-order valence-electron chi connectivity index (χ0n) is 11.7. The van der Waals surface area contributed by atoms with Crippen LogP contribution in [0.15, 0.2) is 0 Å². The molecule has 18 heavy (non-hydrogen) atoms. The predicted octanol–water partition coefficient (Wildman–Crippen LogP) is 2.40. The third kappa shape index (κ3) is 4.20. The van der Waals surface area contributed by atoms with Gasteiger partial charge in [-0.15, -0.1) is 0 Å². The molecule has 0 aromatic heterocycles. The molecule has 2 N–H and O–H groups in total. The van der Waals surface area contributed by atoms with Gasteiger partial charge in [0, 0.05) is 0 Å². The summed E-state index contributed by atoms with van der Waals surface area (Å²) in [4.78, 5) is 22.8. The summed E-state index contributed by atoms with van der Waals surface area (Å²) in [6, 6.07) is -0.854. The number of carboxylic acid groups (broad SMARTS) is 1. The summed E-state index contributed by atoms with van der Waals surface area (Å²) in [6.45, 7) is 9.42. The summed E-state index contributed by atoms with van der Waals surface area (Å²) in [7, 11) is 0. The van der Waals surface area contributed by atoms with Gasteiger partial charge in [0.25, 0.3) is 0 Å². The number of carbonyl (C=O) groups is 2. The van der Waals surface area contributed by atoms with Crippen molar-refractivity contribution >= 4 is 12.1 Å². The molecular formula is C13H23NO4. The lowest BCUT2D eigenvalue weighted by Gasteiger charge is -2.45. The Morgan fingerprint density at radius 3 is 2.17 bits per heavy atom. The molecule has 0 radical (unpaired) electrons. The largest absolute Gasteiger partial charge is 0.480 e. The number of alkyl carbamates (subject to hydrolysis) is 1. The third-order valence-corrected chi connectivity index (χ3v) is 3.04. The zero-order valence-corrected chi connectivity index (χ0v) is 11.7. The molecule has 0 saturated heterocycles. The number of hydrogen-bond acceptors (Lipinski definition) is 3. The Balaban J connectivity index is 2.55. The molecule has 0 aromatic rings. The van der Waals surface area contributed by atoms with E-state index in [-0.39, 0.29) is 11.3 Å². The Kier molecular flexibility index (Phi) is 3.93. The molecule has 1 aliphatic rings. The lowest BCUT2D eigenvalue weighted by atomic mass is 9.62. The second kappa shape index (κ2) is 4.78. The highest BCUT2D eigenvalue weighted by Gasteiger charge is 2.44. The molecule has 1 amide bonds. The van der Waals surface area contributed by atoms with Crippen LogP contribution < -0.4 is 5.32 Å². The van der Waals surface area contributed by atoms with Crippen LogP contribution in [0.1, 0.15) is 47.5 Å². The van der Waals surface area contributed by atoms with E-state index in [0.29, 0.717) is 0 Å². The molecule has 5 nitrogen and oxygen atoms in total. The highest BCUT2D eigenvalue weighted by atomic mass is 16.6. The van der Waals surface area contributed by atoms with Crippen molar-refractivity contribution in [3.63, 3.8) is 0 Å². The van der Waals surface area contributed by atoms with Gasteiger partial charge in [0.2, 0.25) is 0 Å². The van der Waals surface area contributed by atoms with Gasteiger partial charge in [0.1, 0.15) is 11.6 Å². The van der Waals surface area contributed by atoms with Gasteiger partial charge >= 0.3 is 12.1 Å². The van der Waals surface area contributed by atoms with Crippen LogP contribution in [0.5, 0.6) is 0 Å². The van der Waals surface area contributed by atoms with Crippen LogP contribution in [0.2, 0.25) is 0 Å². The van der Waals surface area contributed by atoms with E-state index in [1.807, 2.05) is 0 Å². The molecule has 1 saturated carbocycles. The van der Waals surface area contributed by atoms with Crippen molar-refractivity contribution in [2.45, 2.75) is 59.1 Å². The average molecular weight is 257 g/mol. The first kappa shape index (κ1) is 14.8. The SMILES string of the molecule is CC1(C)CC([C@H](NC(=O)OC(C)(C)C)C(=O)O)C1. The van der Waals surface area contributed by atoms with E-state index in [4.69, 9.17) is 9.84 Å². The molecular weight excluding hydrogens is 234 g/mol. The third-order valence-electron chi connectivity index (χ3n) is 3.04. The molecule has 0 spiro atoms. The van der Waals surface area contributed by atoms with E-state index < -0.39 is 23.7 Å². The van der Waals surface area contributed by atoms with Gasteiger partial charge in [-0.1, -0.05) is 13.8 Å². The minimum Gasteiger partial charge on any atom is -0.480 e. The molecule has 0 heterocycles. The van der Waals surface area contributed by atoms with Gasteiger partial charge < -0.3 is 15.2 Å². The van der Waals surface area contributed by atoms with E-state index in [1.165, 1.54) is 0 Å². The number of aliphatic carboxylic acids is 1. The molecule has 104 valence electrons. The second-order valence-corrected chi connectivity index (χ2v) is 6.79. The number of amides is 1. The van der Waals surface area contributed by atoms with Crippen LogP contribution in [-0.2, 0) is 9.53 Å². The van der Waals surface area contributed by atoms with Crippen molar-refractivity contribution in [2.24, 2.45) is 11.3 Å². The molecule has 0 bridgehead atoms. The van der Waals surface area contributed by atoms with Crippen molar-refractivity contribution < 1.29 is 19.4 Å². The molecule has 0 aliphatic heterocycles. The second-order valence-electron chi connectivity index (χ2n) is 6.79. The standard InChI is InChI=1S/C13H23NO4/c1-12(2,3)18-11(17)14-9(10(15)16)8-6-13(4,5)7-8/h8-9H,6-7H2,1-5H3,(H,14,17)(H,15,16)/t9-/m0/s1. The minimum absolute atomic E-state index is 0.00924. The van der Waals surface area contributed by atoms with Gasteiger partial charge in [-0.2, -0.15) is 0 Å². The first-order valence-corrected chi connectivity index (χ1v) is 6.22. The Hall–Kier alpha value is -1.26. The molecule has 0 aromatic carbocycles. The van der Waals surface area contributed by atoms with Gasteiger partial charge in [-0.3, -0.25) is 0 Å².